The van der Waals surface area contributed by atoms with E-state index in [4.69, 9.17) is 17.3 Å². The van der Waals surface area contributed by atoms with Crippen molar-refractivity contribution >= 4 is 23.2 Å². The van der Waals surface area contributed by atoms with E-state index in [0.29, 0.717) is 22.8 Å². The van der Waals surface area contributed by atoms with Crippen molar-refractivity contribution in [2.75, 3.05) is 11.9 Å². The highest BCUT2D eigenvalue weighted by atomic mass is 35.5. The summed E-state index contributed by atoms with van der Waals surface area (Å²) in [5.74, 6) is 5.49. The van der Waals surface area contributed by atoms with Crippen LogP contribution in [-0.4, -0.2) is 12.5 Å². The zero-order chi connectivity index (χ0) is 15.2. The number of halogens is 1. The first-order chi connectivity index (χ1) is 10.1. The first kappa shape index (κ1) is 15.1. The summed E-state index contributed by atoms with van der Waals surface area (Å²) in [6, 6.07) is 12.5. The fourth-order valence-corrected chi connectivity index (χ4v) is 1.91. The number of hydrogen-bond donors (Lipinski definition) is 2. The van der Waals surface area contributed by atoms with Crippen molar-refractivity contribution in [3.8, 4) is 11.8 Å². The van der Waals surface area contributed by atoms with E-state index in [-0.39, 0.29) is 5.91 Å². The van der Waals surface area contributed by atoms with Crippen molar-refractivity contribution in [2.45, 2.75) is 6.92 Å². The second-order valence-electron chi connectivity index (χ2n) is 4.50. The highest BCUT2D eigenvalue weighted by Crippen LogP contribution is 2.20. The van der Waals surface area contributed by atoms with Crippen LogP contribution in [0.2, 0.25) is 5.02 Å². The molecule has 2 aromatic rings. The Morgan fingerprint density at radius 1 is 1.24 bits per heavy atom. The number of anilines is 1. The van der Waals surface area contributed by atoms with Gasteiger partial charge in [-0.3, -0.25) is 4.79 Å². The Morgan fingerprint density at radius 2 is 1.95 bits per heavy atom. The number of hydrogen-bond acceptors (Lipinski definition) is 2. The predicted molar refractivity (Wildman–Crippen MR) is 86.5 cm³/mol. The van der Waals surface area contributed by atoms with E-state index in [1.165, 1.54) is 0 Å². The van der Waals surface area contributed by atoms with Crippen LogP contribution in [0.5, 0.6) is 0 Å². The van der Waals surface area contributed by atoms with Gasteiger partial charge in [0.1, 0.15) is 0 Å². The van der Waals surface area contributed by atoms with E-state index in [1.54, 1.807) is 30.3 Å². The van der Waals surface area contributed by atoms with Gasteiger partial charge in [-0.1, -0.05) is 29.5 Å². The number of nitrogens with two attached hydrogens (primary N) is 1. The number of aryl methyl sites for hydroxylation is 1. The summed E-state index contributed by atoms with van der Waals surface area (Å²) in [5, 5.41) is 3.43. The highest BCUT2D eigenvalue weighted by Gasteiger charge is 2.06. The van der Waals surface area contributed by atoms with Crippen LogP contribution >= 0.6 is 11.6 Å². The molecular weight excluding hydrogens is 284 g/mol. The molecule has 0 saturated heterocycles. The summed E-state index contributed by atoms with van der Waals surface area (Å²) in [6.07, 6.45) is 0. The minimum absolute atomic E-state index is 0.187. The van der Waals surface area contributed by atoms with Gasteiger partial charge in [-0.05, 0) is 48.9 Å². The molecule has 0 fully saturated rings. The molecule has 0 unspecified atom stereocenters. The Bertz CT molecular complexity index is 712. The molecule has 0 aliphatic carbocycles. The van der Waals surface area contributed by atoms with Crippen LogP contribution < -0.4 is 11.1 Å². The molecule has 3 N–H and O–H groups in total. The molecule has 0 aliphatic heterocycles. The van der Waals surface area contributed by atoms with Crippen molar-refractivity contribution in [1.29, 1.82) is 0 Å². The normalized spacial score (nSPS) is 9.67. The summed E-state index contributed by atoms with van der Waals surface area (Å²) in [6.45, 7) is 2.23. The molecule has 0 heterocycles. The van der Waals surface area contributed by atoms with E-state index in [2.05, 4.69) is 17.2 Å². The maximum Gasteiger partial charge on any atom is 0.255 e. The molecule has 3 nitrogen and oxygen atoms in total. The van der Waals surface area contributed by atoms with Crippen molar-refractivity contribution in [3.63, 3.8) is 0 Å². The lowest BCUT2D eigenvalue weighted by Gasteiger charge is -2.07. The first-order valence-corrected chi connectivity index (χ1v) is 6.84. The zero-order valence-corrected chi connectivity index (χ0v) is 12.4. The number of carbonyl (C=O) groups excluding carboxylic acids is 1. The third kappa shape index (κ3) is 4.09. The second-order valence-corrected chi connectivity index (χ2v) is 4.91. The molecule has 0 saturated carbocycles. The Balaban J connectivity index is 2.11. The van der Waals surface area contributed by atoms with Gasteiger partial charge in [-0.15, -0.1) is 0 Å². The number of nitrogens with one attached hydrogen (secondary N) is 1. The third-order valence-electron chi connectivity index (χ3n) is 2.91. The van der Waals surface area contributed by atoms with Gasteiger partial charge < -0.3 is 11.1 Å². The Labute approximate surface area is 129 Å². The molecule has 1 amide bonds. The second kappa shape index (κ2) is 6.94. The number of carbonyl (C=O) groups is 1. The largest absolute Gasteiger partial charge is 0.322 e. The molecule has 0 aromatic heterocycles. The molecule has 0 radical (unpaired) electrons. The molecule has 0 aliphatic rings. The molecule has 0 atom stereocenters. The average molecular weight is 299 g/mol. The third-order valence-corrected chi connectivity index (χ3v) is 3.32. The highest BCUT2D eigenvalue weighted by molar-refractivity contribution is 6.31. The van der Waals surface area contributed by atoms with Gasteiger partial charge in [0.2, 0.25) is 0 Å². The van der Waals surface area contributed by atoms with Gasteiger partial charge in [0, 0.05) is 21.8 Å². The van der Waals surface area contributed by atoms with Gasteiger partial charge in [-0.2, -0.15) is 0 Å². The summed E-state index contributed by atoms with van der Waals surface area (Å²) in [7, 11) is 0. The van der Waals surface area contributed by atoms with Crippen LogP contribution in [-0.2, 0) is 0 Å². The summed E-state index contributed by atoms with van der Waals surface area (Å²) >= 11 is 6.04. The van der Waals surface area contributed by atoms with Crippen LogP contribution in [0.25, 0.3) is 0 Å². The van der Waals surface area contributed by atoms with Gasteiger partial charge in [0.05, 0.1) is 6.54 Å². The van der Waals surface area contributed by atoms with Gasteiger partial charge in [0.15, 0.2) is 0 Å². The Kier molecular flexibility index (Phi) is 4.99. The quantitative estimate of drug-likeness (QED) is 0.837. The standard InChI is InChI=1S/C17H15ClN2O/c1-12-4-9-15(11-16(12)18)20-17(21)14-7-5-13(6-8-14)3-2-10-19/h4-9,11H,10,19H2,1H3,(H,20,21). The van der Waals surface area contributed by atoms with Crippen LogP contribution in [0.15, 0.2) is 42.5 Å². The first-order valence-electron chi connectivity index (χ1n) is 6.46. The van der Waals surface area contributed by atoms with Gasteiger partial charge >= 0.3 is 0 Å². The van der Waals surface area contributed by atoms with Crippen molar-refractivity contribution < 1.29 is 4.79 Å². The molecule has 2 aromatic carbocycles. The van der Waals surface area contributed by atoms with Crippen molar-refractivity contribution in [1.82, 2.24) is 0 Å². The molecule has 106 valence electrons. The van der Waals surface area contributed by atoms with Gasteiger partial charge in [-0.25, -0.2) is 0 Å². The number of amides is 1. The van der Waals surface area contributed by atoms with Crippen LogP contribution in [0, 0.1) is 18.8 Å². The zero-order valence-electron chi connectivity index (χ0n) is 11.6. The number of rotatable bonds is 2. The lowest BCUT2D eigenvalue weighted by atomic mass is 10.1. The van der Waals surface area contributed by atoms with Crippen molar-refractivity contribution in [3.05, 3.63) is 64.2 Å². The predicted octanol–water partition coefficient (Wildman–Crippen LogP) is 3.21. The average Bonchev–Trinajstić information content (AvgIpc) is 2.49. The summed E-state index contributed by atoms with van der Waals surface area (Å²) in [5.41, 5.74) is 8.34. The maximum absolute atomic E-state index is 12.1. The smallest absolute Gasteiger partial charge is 0.255 e. The number of benzene rings is 2. The topological polar surface area (TPSA) is 55.1 Å². The molecule has 21 heavy (non-hydrogen) atoms. The molecule has 4 heteroatoms. The lowest BCUT2D eigenvalue weighted by molar-refractivity contribution is 0.102. The maximum atomic E-state index is 12.1. The SMILES string of the molecule is Cc1ccc(NC(=O)c2ccc(C#CCN)cc2)cc1Cl. The lowest BCUT2D eigenvalue weighted by Crippen LogP contribution is -2.11. The van der Waals surface area contributed by atoms with Crippen LogP contribution in [0.4, 0.5) is 5.69 Å². The van der Waals surface area contributed by atoms with E-state index in [0.717, 1.165) is 11.1 Å². The fraction of sp³-hybridized carbons (Fsp3) is 0.118. The Morgan fingerprint density at radius 3 is 2.57 bits per heavy atom. The molecular formula is C17H15ClN2O. The van der Waals surface area contributed by atoms with Crippen molar-refractivity contribution in [2.24, 2.45) is 5.73 Å². The van der Waals surface area contributed by atoms with Gasteiger partial charge in [0.25, 0.3) is 5.91 Å². The van der Waals surface area contributed by atoms with E-state index in [9.17, 15) is 4.79 Å². The van der Waals surface area contributed by atoms with E-state index >= 15 is 0 Å². The van der Waals surface area contributed by atoms with E-state index in [1.807, 2.05) is 19.1 Å². The van der Waals surface area contributed by atoms with E-state index < -0.39 is 0 Å². The molecule has 0 bridgehead atoms. The summed E-state index contributed by atoms with van der Waals surface area (Å²) < 4.78 is 0. The Hall–Kier alpha value is -2.28. The molecule has 0 spiro atoms. The summed E-state index contributed by atoms with van der Waals surface area (Å²) in [4.78, 5) is 12.1. The minimum Gasteiger partial charge on any atom is -0.322 e. The van der Waals surface area contributed by atoms with Crippen LogP contribution in [0.1, 0.15) is 21.5 Å². The molecule has 2 rings (SSSR count). The fourth-order valence-electron chi connectivity index (χ4n) is 1.73. The monoisotopic (exact) mass is 298 g/mol. The minimum atomic E-state index is -0.187. The van der Waals surface area contributed by atoms with Crippen LogP contribution in [0.3, 0.4) is 0 Å².